The van der Waals surface area contributed by atoms with Gasteiger partial charge in [0, 0.05) is 24.8 Å². The summed E-state index contributed by atoms with van der Waals surface area (Å²) in [5.74, 6) is 0. The minimum Gasteiger partial charge on any atom is -0.378 e. The molecule has 0 spiro atoms. The van der Waals surface area contributed by atoms with E-state index < -0.39 is 0 Å². The Hall–Kier alpha value is -1.73. The van der Waals surface area contributed by atoms with E-state index in [-0.39, 0.29) is 0 Å². The molecule has 0 aromatic heterocycles. The van der Waals surface area contributed by atoms with Crippen molar-refractivity contribution < 1.29 is 0 Å². The van der Waals surface area contributed by atoms with E-state index in [0.717, 1.165) is 24.3 Å². The smallest absolute Gasteiger partial charge is 0.0464 e. The van der Waals surface area contributed by atoms with E-state index in [2.05, 4.69) is 55.4 Å². The lowest BCUT2D eigenvalue weighted by Crippen LogP contribution is -2.13. The maximum Gasteiger partial charge on any atom is 0.0464 e. The molecule has 2 aromatic carbocycles. The molecule has 0 saturated carbocycles. The lowest BCUT2D eigenvalue weighted by Gasteiger charge is -2.27. The van der Waals surface area contributed by atoms with Gasteiger partial charge >= 0.3 is 0 Å². The summed E-state index contributed by atoms with van der Waals surface area (Å²) < 4.78 is 0. The molecule has 0 unspecified atom stereocenters. The Morgan fingerprint density at radius 2 is 1.73 bits per heavy atom. The van der Waals surface area contributed by atoms with Gasteiger partial charge in [-0.3, -0.25) is 0 Å². The van der Waals surface area contributed by atoms with Crippen LogP contribution in [0.15, 0.2) is 30.3 Å². The maximum atomic E-state index is 6.56. The molecule has 22 heavy (non-hydrogen) atoms. The third-order valence-electron chi connectivity index (χ3n) is 4.94. The lowest BCUT2D eigenvalue weighted by atomic mass is 9.79. The zero-order valence-corrected chi connectivity index (χ0v) is 13.9. The molecule has 2 aliphatic rings. The highest BCUT2D eigenvalue weighted by atomic mass is 35.5. The van der Waals surface area contributed by atoms with Crippen LogP contribution in [0.25, 0.3) is 17.2 Å². The fourth-order valence-corrected chi connectivity index (χ4v) is 4.07. The van der Waals surface area contributed by atoms with Crippen LogP contribution in [0, 0.1) is 0 Å². The molecular formula is C20H20ClN. The van der Waals surface area contributed by atoms with Crippen molar-refractivity contribution >= 4 is 23.4 Å². The van der Waals surface area contributed by atoms with Crippen LogP contribution < -0.4 is 4.90 Å². The summed E-state index contributed by atoms with van der Waals surface area (Å²) in [5, 5.41) is 0.907. The van der Waals surface area contributed by atoms with Crippen LogP contribution >= 0.6 is 11.6 Å². The van der Waals surface area contributed by atoms with Crippen LogP contribution in [0.1, 0.15) is 28.7 Å². The predicted molar refractivity (Wildman–Crippen MR) is 96.0 cm³/mol. The first-order valence-corrected chi connectivity index (χ1v) is 8.34. The van der Waals surface area contributed by atoms with Gasteiger partial charge in [-0.2, -0.15) is 0 Å². The minimum absolute atomic E-state index is 0.907. The predicted octanol–water partition coefficient (Wildman–Crippen LogP) is 5.13. The summed E-state index contributed by atoms with van der Waals surface area (Å²) in [4.78, 5) is 2.13. The average Bonchev–Trinajstić information content (AvgIpc) is 2.54. The third kappa shape index (κ3) is 2.07. The normalized spacial score (nSPS) is 15.0. The Labute approximate surface area is 137 Å². The number of hydrogen-bond donors (Lipinski definition) is 0. The van der Waals surface area contributed by atoms with Crippen molar-refractivity contribution in [3.05, 3.63) is 57.6 Å². The molecule has 0 aliphatic heterocycles. The number of hydrogen-bond acceptors (Lipinski definition) is 1. The number of rotatable bonds is 1. The van der Waals surface area contributed by atoms with E-state index in [4.69, 9.17) is 11.6 Å². The lowest BCUT2D eigenvalue weighted by molar-refractivity contribution is 0.887. The molecule has 2 aromatic rings. The van der Waals surface area contributed by atoms with Gasteiger partial charge in [0.25, 0.3) is 0 Å². The summed E-state index contributed by atoms with van der Waals surface area (Å²) in [6, 6.07) is 8.95. The third-order valence-corrected chi connectivity index (χ3v) is 5.27. The van der Waals surface area contributed by atoms with Crippen molar-refractivity contribution in [1.82, 2.24) is 0 Å². The molecule has 4 rings (SSSR count). The van der Waals surface area contributed by atoms with Crippen molar-refractivity contribution in [2.24, 2.45) is 0 Å². The van der Waals surface area contributed by atoms with E-state index >= 15 is 0 Å². The largest absolute Gasteiger partial charge is 0.378 e. The van der Waals surface area contributed by atoms with E-state index in [9.17, 15) is 0 Å². The van der Waals surface area contributed by atoms with Crippen LogP contribution in [0.4, 0.5) is 5.69 Å². The molecule has 0 radical (unpaired) electrons. The van der Waals surface area contributed by atoms with Crippen LogP contribution in [0.5, 0.6) is 0 Å². The molecular weight excluding hydrogens is 290 g/mol. The molecule has 0 heterocycles. The van der Waals surface area contributed by atoms with Crippen molar-refractivity contribution in [2.75, 3.05) is 19.0 Å². The second-order valence-corrected chi connectivity index (χ2v) is 6.86. The minimum atomic E-state index is 0.907. The highest BCUT2D eigenvalue weighted by molar-refractivity contribution is 6.32. The Morgan fingerprint density at radius 3 is 2.55 bits per heavy atom. The quantitative estimate of drug-likeness (QED) is 0.706. The Kier molecular flexibility index (Phi) is 3.27. The Balaban J connectivity index is 1.96. The molecule has 0 amide bonds. The van der Waals surface area contributed by atoms with Gasteiger partial charge in [0.05, 0.1) is 0 Å². The molecule has 0 N–H and O–H groups in total. The monoisotopic (exact) mass is 309 g/mol. The van der Waals surface area contributed by atoms with Gasteiger partial charge in [-0.15, -0.1) is 0 Å². The van der Waals surface area contributed by atoms with Crippen LogP contribution in [0.3, 0.4) is 0 Å². The zero-order valence-electron chi connectivity index (χ0n) is 13.1. The fourth-order valence-electron chi connectivity index (χ4n) is 3.76. The zero-order chi connectivity index (χ0) is 15.3. The molecule has 0 saturated heterocycles. The van der Waals surface area contributed by atoms with Crippen molar-refractivity contribution in [2.45, 2.75) is 25.7 Å². The maximum absolute atomic E-state index is 6.56. The van der Waals surface area contributed by atoms with E-state index in [1.807, 2.05) is 0 Å². The Morgan fingerprint density at radius 1 is 0.909 bits per heavy atom. The first kappa shape index (κ1) is 13.9. The van der Waals surface area contributed by atoms with Crippen molar-refractivity contribution in [3.63, 3.8) is 0 Å². The fraction of sp³-hybridized carbons (Fsp3) is 0.300. The Bertz CT molecular complexity index is 787. The number of allylic oxidation sites excluding steroid dienone is 1. The van der Waals surface area contributed by atoms with Gasteiger partial charge in [0.1, 0.15) is 0 Å². The van der Waals surface area contributed by atoms with Gasteiger partial charge in [-0.1, -0.05) is 35.9 Å². The molecule has 1 nitrogen and oxygen atoms in total. The summed E-state index contributed by atoms with van der Waals surface area (Å²) in [5.41, 5.74) is 9.71. The first-order chi connectivity index (χ1) is 10.6. The summed E-state index contributed by atoms with van der Waals surface area (Å²) in [6.45, 7) is 0. The standard InChI is InChI=1S/C20H20ClN/c1-22(2)14-11-19-17-8-7-13-5-3-4-6-15(13)16(17)9-10-18(19)20(21)12-14/h3,5,7-8,11-12H,4,6,9-10H2,1-2H3. The van der Waals surface area contributed by atoms with Crippen LogP contribution in [-0.4, -0.2) is 14.1 Å². The molecule has 112 valence electrons. The number of halogens is 1. The highest BCUT2D eigenvalue weighted by Gasteiger charge is 2.23. The number of anilines is 1. The molecule has 0 fully saturated rings. The second-order valence-electron chi connectivity index (χ2n) is 6.45. The van der Waals surface area contributed by atoms with Crippen molar-refractivity contribution in [3.8, 4) is 11.1 Å². The van der Waals surface area contributed by atoms with Gasteiger partial charge in [-0.25, -0.2) is 0 Å². The highest BCUT2D eigenvalue weighted by Crippen LogP contribution is 2.42. The van der Waals surface area contributed by atoms with Gasteiger partial charge in [0.15, 0.2) is 0 Å². The number of fused-ring (bicyclic) bond motifs is 5. The summed E-state index contributed by atoms with van der Waals surface area (Å²) in [7, 11) is 4.14. The van der Waals surface area contributed by atoms with Crippen molar-refractivity contribution in [1.29, 1.82) is 0 Å². The van der Waals surface area contributed by atoms with E-state index in [1.54, 1.807) is 11.1 Å². The average molecular weight is 310 g/mol. The summed E-state index contributed by atoms with van der Waals surface area (Å²) in [6.07, 6.45) is 9.06. The molecule has 0 bridgehead atoms. The molecule has 2 heteroatoms. The second kappa shape index (κ2) is 5.17. The van der Waals surface area contributed by atoms with Gasteiger partial charge in [-0.05, 0) is 71.2 Å². The van der Waals surface area contributed by atoms with Gasteiger partial charge < -0.3 is 4.90 Å². The van der Waals surface area contributed by atoms with E-state index in [1.165, 1.54) is 34.4 Å². The topological polar surface area (TPSA) is 3.24 Å². The first-order valence-electron chi connectivity index (χ1n) is 7.96. The molecule has 2 aliphatic carbocycles. The number of nitrogens with zero attached hydrogens (tertiary/aromatic N) is 1. The van der Waals surface area contributed by atoms with E-state index in [0.29, 0.717) is 0 Å². The SMILES string of the molecule is CN(C)c1cc(Cl)c2c(c1)-c1ccc3c(c1CC2)CCC=C3. The summed E-state index contributed by atoms with van der Waals surface area (Å²) >= 11 is 6.56. The van der Waals surface area contributed by atoms with Crippen LogP contribution in [-0.2, 0) is 19.3 Å². The molecule has 0 atom stereocenters. The van der Waals surface area contributed by atoms with Crippen LogP contribution in [0.2, 0.25) is 5.02 Å². The number of benzene rings is 2. The van der Waals surface area contributed by atoms with Gasteiger partial charge in [0.2, 0.25) is 0 Å².